The molecule has 7 heteroatoms. The molecule has 2 aromatic rings. The summed E-state index contributed by atoms with van der Waals surface area (Å²) < 4.78 is 11.6. The van der Waals surface area contributed by atoms with Gasteiger partial charge in [-0.2, -0.15) is 0 Å². The van der Waals surface area contributed by atoms with Gasteiger partial charge in [-0.3, -0.25) is 15.0 Å². The molecular weight excluding hydrogens is 410 g/mol. The molecule has 1 N–H and O–H groups in total. The van der Waals surface area contributed by atoms with Crippen LogP contribution in [0.1, 0.15) is 68.7 Å². The van der Waals surface area contributed by atoms with Crippen LogP contribution < -0.4 is 5.32 Å². The van der Waals surface area contributed by atoms with Gasteiger partial charge in [-0.05, 0) is 46.6 Å². The van der Waals surface area contributed by atoms with Gasteiger partial charge >= 0.3 is 0 Å². The van der Waals surface area contributed by atoms with Gasteiger partial charge in [-0.25, -0.2) is 4.98 Å². The number of nitrogens with zero attached hydrogens (tertiary/aromatic N) is 2. The van der Waals surface area contributed by atoms with E-state index in [1.54, 1.807) is 11.3 Å². The molecule has 0 spiro atoms. The Morgan fingerprint density at radius 2 is 1.97 bits per heavy atom. The number of furan rings is 1. The maximum Gasteiger partial charge on any atom is 0.246 e. The van der Waals surface area contributed by atoms with Crippen molar-refractivity contribution in [3.05, 3.63) is 33.5 Å². The summed E-state index contributed by atoms with van der Waals surface area (Å²) in [5.74, 6) is 1.92. The summed E-state index contributed by atoms with van der Waals surface area (Å²) >= 11 is 1.70. The number of aryl methyl sites for hydroxylation is 2. The van der Waals surface area contributed by atoms with E-state index in [0.717, 1.165) is 55.4 Å². The molecule has 1 aliphatic rings. The Hall–Kier alpha value is -1.70. The monoisotopic (exact) mass is 447 g/mol. The molecule has 31 heavy (non-hydrogen) atoms. The highest BCUT2D eigenvalue weighted by molar-refractivity contribution is 7.11. The average molecular weight is 448 g/mol. The lowest BCUT2D eigenvalue weighted by Gasteiger charge is -2.37. The van der Waals surface area contributed by atoms with Gasteiger partial charge in [0.2, 0.25) is 5.91 Å². The minimum atomic E-state index is -0.651. The van der Waals surface area contributed by atoms with Crippen LogP contribution in [0, 0.1) is 12.8 Å². The van der Waals surface area contributed by atoms with Crippen LogP contribution in [0.15, 0.2) is 16.7 Å². The number of anilines is 1. The minimum absolute atomic E-state index is 0.0588. The quantitative estimate of drug-likeness (QED) is 0.616. The van der Waals surface area contributed by atoms with Gasteiger partial charge in [0.1, 0.15) is 5.76 Å². The second kappa shape index (κ2) is 9.43. The van der Waals surface area contributed by atoms with Crippen LogP contribution in [0.4, 0.5) is 5.88 Å². The van der Waals surface area contributed by atoms with Gasteiger partial charge in [0.05, 0.1) is 10.5 Å². The maximum absolute atomic E-state index is 13.2. The molecule has 6 nitrogen and oxygen atoms in total. The molecule has 172 valence electrons. The van der Waals surface area contributed by atoms with Crippen molar-refractivity contribution < 1.29 is 13.9 Å². The molecule has 1 aliphatic heterocycles. The Labute approximate surface area is 190 Å². The third-order valence-electron chi connectivity index (χ3n) is 6.66. The van der Waals surface area contributed by atoms with E-state index in [0.29, 0.717) is 11.8 Å². The number of aromatic nitrogens is 1. The number of nitrogens with one attached hydrogen (secondary N) is 1. The number of ether oxygens (including phenoxy) is 1. The second-order valence-corrected chi connectivity index (χ2v) is 10.9. The Bertz CT molecular complexity index is 894. The predicted molar refractivity (Wildman–Crippen MR) is 126 cm³/mol. The van der Waals surface area contributed by atoms with Gasteiger partial charge in [-0.15, -0.1) is 11.3 Å². The lowest BCUT2D eigenvalue weighted by molar-refractivity contribution is -0.126. The summed E-state index contributed by atoms with van der Waals surface area (Å²) in [7, 11) is 2.02. The topological polar surface area (TPSA) is 67.6 Å². The molecule has 0 saturated carbocycles. The van der Waals surface area contributed by atoms with Crippen LogP contribution >= 0.6 is 11.3 Å². The van der Waals surface area contributed by atoms with Gasteiger partial charge in [-0.1, -0.05) is 20.8 Å². The SMILES string of the molecule is CCc1oc(NC(=O)C(C)(C)N(C)CC2CCOCC2)cc1C(C)(C)c1cnc(C)s1. The van der Waals surface area contributed by atoms with E-state index in [2.05, 4.69) is 36.0 Å². The van der Waals surface area contributed by atoms with E-state index in [9.17, 15) is 4.79 Å². The Kier molecular flexibility index (Phi) is 7.28. The minimum Gasteiger partial charge on any atom is -0.445 e. The molecule has 1 saturated heterocycles. The van der Waals surface area contributed by atoms with E-state index >= 15 is 0 Å². The fourth-order valence-corrected chi connectivity index (χ4v) is 4.94. The molecule has 2 aromatic heterocycles. The van der Waals surface area contributed by atoms with Gasteiger partial charge < -0.3 is 9.15 Å². The van der Waals surface area contributed by atoms with E-state index in [1.165, 1.54) is 4.88 Å². The maximum atomic E-state index is 13.2. The molecule has 0 unspecified atom stereocenters. The zero-order valence-electron chi connectivity index (χ0n) is 20.0. The van der Waals surface area contributed by atoms with Crippen molar-refractivity contribution in [3.8, 4) is 0 Å². The predicted octanol–water partition coefficient (Wildman–Crippen LogP) is 5.01. The molecule has 0 radical (unpaired) electrons. The van der Waals surface area contributed by atoms with E-state index in [-0.39, 0.29) is 11.3 Å². The summed E-state index contributed by atoms with van der Waals surface area (Å²) in [6.07, 6.45) is 4.81. The highest BCUT2D eigenvalue weighted by atomic mass is 32.1. The molecule has 1 amide bonds. The Balaban J connectivity index is 1.75. The number of hydrogen-bond donors (Lipinski definition) is 1. The lowest BCUT2D eigenvalue weighted by Crippen LogP contribution is -2.52. The molecule has 0 atom stereocenters. The number of hydrogen-bond acceptors (Lipinski definition) is 6. The van der Waals surface area contributed by atoms with Crippen molar-refractivity contribution in [1.29, 1.82) is 0 Å². The summed E-state index contributed by atoms with van der Waals surface area (Å²) in [6, 6.07) is 1.99. The zero-order valence-corrected chi connectivity index (χ0v) is 20.8. The van der Waals surface area contributed by atoms with Crippen molar-refractivity contribution in [1.82, 2.24) is 9.88 Å². The van der Waals surface area contributed by atoms with Crippen LogP contribution in [0.3, 0.4) is 0 Å². The van der Waals surface area contributed by atoms with Crippen LogP contribution in [-0.4, -0.2) is 48.1 Å². The van der Waals surface area contributed by atoms with E-state index in [4.69, 9.17) is 9.15 Å². The number of amides is 1. The summed E-state index contributed by atoms with van der Waals surface area (Å²) in [5, 5.41) is 4.09. The molecule has 3 rings (SSSR count). The Morgan fingerprint density at radius 3 is 2.55 bits per heavy atom. The van der Waals surface area contributed by atoms with E-state index in [1.807, 2.05) is 40.1 Å². The number of carbonyl (C=O) groups is 1. The molecule has 0 bridgehead atoms. The first-order chi connectivity index (χ1) is 14.6. The van der Waals surface area contributed by atoms with Crippen molar-refractivity contribution >= 4 is 23.1 Å². The Morgan fingerprint density at radius 1 is 1.29 bits per heavy atom. The third-order valence-corrected chi connectivity index (χ3v) is 7.90. The van der Waals surface area contributed by atoms with E-state index < -0.39 is 5.54 Å². The van der Waals surface area contributed by atoms with Crippen molar-refractivity contribution in [2.75, 3.05) is 32.1 Å². The number of likely N-dealkylation sites (N-methyl/N-ethyl adjacent to an activating group) is 1. The summed E-state index contributed by atoms with van der Waals surface area (Å²) in [5.41, 5.74) is 0.212. The standard InChI is InChI=1S/C24H37N3O3S/c1-8-19-18(23(3,4)20-14-25-16(2)31-20)13-21(30-19)26-22(28)24(5,6)27(7)15-17-9-11-29-12-10-17/h13-14,17H,8-12,15H2,1-7H3,(H,26,28). The molecule has 0 aliphatic carbocycles. The normalized spacial score (nSPS) is 16.1. The summed E-state index contributed by atoms with van der Waals surface area (Å²) in [4.78, 5) is 21.0. The zero-order chi connectivity index (χ0) is 22.8. The molecule has 1 fully saturated rings. The summed E-state index contributed by atoms with van der Waals surface area (Å²) in [6.45, 7) is 14.9. The van der Waals surface area contributed by atoms with Crippen LogP contribution in [0.2, 0.25) is 0 Å². The average Bonchev–Trinajstić information content (AvgIpc) is 3.35. The molecule has 3 heterocycles. The largest absolute Gasteiger partial charge is 0.445 e. The van der Waals surface area contributed by atoms with Crippen LogP contribution in [-0.2, 0) is 21.4 Å². The number of carbonyl (C=O) groups excluding carboxylic acids is 1. The van der Waals surface area contributed by atoms with Crippen molar-refractivity contribution in [2.24, 2.45) is 5.92 Å². The highest BCUT2D eigenvalue weighted by Gasteiger charge is 2.36. The smallest absolute Gasteiger partial charge is 0.246 e. The molecular formula is C24H37N3O3S. The number of thiazole rings is 1. The van der Waals surface area contributed by atoms with Crippen LogP contribution in [0.25, 0.3) is 0 Å². The number of rotatable bonds is 8. The highest BCUT2D eigenvalue weighted by Crippen LogP contribution is 2.39. The van der Waals surface area contributed by atoms with Crippen molar-refractivity contribution in [2.45, 2.75) is 71.8 Å². The first-order valence-electron chi connectivity index (χ1n) is 11.2. The van der Waals surface area contributed by atoms with Gasteiger partial charge in [0.25, 0.3) is 0 Å². The van der Waals surface area contributed by atoms with Crippen molar-refractivity contribution in [3.63, 3.8) is 0 Å². The molecule has 0 aromatic carbocycles. The fourth-order valence-electron chi connectivity index (χ4n) is 4.05. The lowest BCUT2D eigenvalue weighted by atomic mass is 9.83. The first-order valence-corrected chi connectivity index (χ1v) is 12.0. The fraction of sp³-hybridized carbons (Fsp3) is 0.667. The second-order valence-electron chi connectivity index (χ2n) is 9.62. The third kappa shape index (κ3) is 5.21. The van der Waals surface area contributed by atoms with Gasteiger partial charge in [0.15, 0.2) is 5.88 Å². The van der Waals surface area contributed by atoms with Crippen LogP contribution in [0.5, 0.6) is 0 Å². The first kappa shape index (κ1) is 24.0. The van der Waals surface area contributed by atoms with Gasteiger partial charge in [0, 0.05) is 54.3 Å².